The Labute approximate surface area is 132 Å². The van der Waals surface area contributed by atoms with Gasteiger partial charge >= 0.3 is 0 Å². The fraction of sp³-hybridized carbons (Fsp3) is 1.00. The average molecular weight is 289 g/mol. The first-order chi connectivity index (χ1) is 9.99. The van der Waals surface area contributed by atoms with Crippen LogP contribution in [0.15, 0.2) is 0 Å². The minimum atomic E-state index is 0.645. The van der Waals surface area contributed by atoms with Crippen LogP contribution >= 0.6 is 0 Å². The molecule has 3 unspecified atom stereocenters. The predicted octanol–water partition coefficient (Wildman–Crippen LogP) is 6.73. The fourth-order valence-corrected chi connectivity index (χ4v) is 8.38. The van der Waals surface area contributed by atoms with Crippen molar-refractivity contribution in [2.24, 2.45) is 27.6 Å². The molecule has 0 nitrogen and oxygen atoms in total. The SMILES string of the molecule is CCC1(C)CCC2(C34CCCC3CCC4)CCCC2(C)C1. The quantitative estimate of drug-likeness (QED) is 0.528. The van der Waals surface area contributed by atoms with Crippen molar-refractivity contribution in [3.8, 4) is 0 Å². The van der Waals surface area contributed by atoms with Crippen molar-refractivity contribution >= 4 is 0 Å². The van der Waals surface area contributed by atoms with E-state index in [1.54, 1.807) is 51.4 Å². The van der Waals surface area contributed by atoms with Gasteiger partial charge in [0, 0.05) is 0 Å². The number of rotatable bonds is 2. The number of hydrogen-bond donors (Lipinski definition) is 0. The van der Waals surface area contributed by atoms with Crippen LogP contribution in [0.2, 0.25) is 0 Å². The first-order valence-electron chi connectivity index (χ1n) is 9.99. The minimum Gasteiger partial charge on any atom is -0.0649 e. The molecule has 4 fully saturated rings. The van der Waals surface area contributed by atoms with Gasteiger partial charge in [-0.1, -0.05) is 46.5 Å². The van der Waals surface area contributed by atoms with Crippen LogP contribution in [0.1, 0.15) is 104 Å². The van der Waals surface area contributed by atoms with Crippen molar-refractivity contribution in [1.82, 2.24) is 0 Å². The Bertz CT molecular complexity index is 414. The van der Waals surface area contributed by atoms with E-state index in [9.17, 15) is 0 Å². The van der Waals surface area contributed by atoms with Gasteiger partial charge in [0.15, 0.2) is 0 Å². The molecule has 0 radical (unpaired) electrons. The van der Waals surface area contributed by atoms with Crippen LogP contribution in [0.25, 0.3) is 0 Å². The first kappa shape index (κ1) is 14.6. The Kier molecular flexibility index (Phi) is 3.13. The van der Waals surface area contributed by atoms with Gasteiger partial charge in [-0.2, -0.15) is 0 Å². The van der Waals surface area contributed by atoms with Gasteiger partial charge in [-0.25, -0.2) is 0 Å². The summed E-state index contributed by atoms with van der Waals surface area (Å²) in [4.78, 5) is 0. The van der Waals surface area contributed by atoms with Crippen LogP contribution in [0.5, 0.6) is 0 Å². The van der Waals surface area contributed by atoms with E-state index in [0.29, 0.717) is 10.8 Å². The molecular weight excluding hydrogens is 252 g/mol. The molecule has 0 aromatic rings. The molecule has 0 aliphatic heterocycles. The number of hydrogen-bond acceptors (Lipinski definition) is 0. The molecule has 4 aliphatic rings. The van der Waals surface area contributed by atoms with Gasteiger partial charge in [-0.05, 0) is 85.4 Å². The highest BCUT2D eigenvalue weighted by atomic mass is 14.7. The molecule has 21 heavy (non-hydrogen) atoms. The lowest BCUT2D eigenvalue weighted by Gasteiger charge is -2.62. The van der Waals surface area contributed by atoms with Crippen LogP contribution in [-0.4, -0.2) is 0 Å². The smallest absolute Gasteiger partial charge is 0.0184 e. The van der Waals surface area contributed by atoms with E-state index in [0.717, 1.165) is 16.7 Å². The Hall–Kier alpha value is 0. The van der Waals surface area contributed by atoms with E-state index in [2.05, 4.69) is 20.8 Å². The maximum atomic E-state index is 2.73. The second-order valence-corrected chi connectivity index (χ2v) is 9.97. The van der Waals surface area contributed by atoms with Crippen LogP contribution in [0, 0.1) is 27.6 Å². The summed E-state index contributed by atoms with van der Waals surface area (Å²) in [5.74, 6) is 1.11. The van der Waals surface area contributed by atoms with Crippen molar-refractivity contribution in [3.05, 3.63) is 0 Å². The molecule has 4 rings (SSSR count). The van der Waals surface area contributed by atoms with E-state index in [-0.39, 0.29) is 0 Å². The Morgan fingerprint density at radius 1 is 0.810 bits per heavy atom. The molecule has 0 saturated heterocycles. The Morgan fingerprint density at radius 2 is 1.52 bits per heavy atom. The molecule has 0 bridgehead atoms. The van der Waals surface area contributed by atoms with Crippen molar-refractivity contribution in [3.63, 3.8) is 0 Å². The molecular formula is C21H36. The largest absolute Gasteiger partial charge is 0.0649 e. The highest BCUT2D eigenvalue weighted by molar-refractivity contribution is 5.18. The third kappa shape index (κ3) is 1.69. The minimum absolute atomic E-state index is 0.645. The monoisotopic (exact) mass is 288 g/mol. The summed E-state index contributed by atoms with van der Waals surface area (Å²) in [6.07, 6.45) is 20.1. The fourth-order valence-electron chi connectivity index (χ4n) is 8.38. The molecule has 0 aromatic heterocycles. The van der Waals surface area contributed by atoms with Gasteiger partial charge in [-0.15, -0.1) is 0 Å². The molecule has 0 amide bonds. The summed E-state index contributed by atoms with van der Waals surface area (Å²) in [5, 5.41) is 0. The lowest BCUT2D eigenvalue weighted by molar-refractivity contribution is -0.133. The average Bonchev–Trinajstić information content (AvgIpc) is 3.09. The molecule has 0 N–H and O–H groups in total. The molecule has 0 aromatic carbocycles. The van der Waals surface area contributed by atoms with Gasteiger partial charge in [0.05, 0.1) is 0 Å². The second-order valence-electron chi connectivity index (χ2n) is 9.97. The van der Waals surface area contributed by atoms with E-state index in [4.69, 9.17) is 0 Å². The zero-order valence-electron chi connectivity index (χ0n) is 14.8. The molecule has 0 heterocycles. The Balaban J connectivity index is 1.76. The highest BCUT2D eigenvalue weighted by Crippen LogP contribution is 2.77. The first-order valence-corrected chi connectivity index (χ1v) is 9.99. The molecule has 4 aliphatic carbocycles. The zero-order valence-corrected chi connectivity index (χ0v) is 14.8. The van der Waals surface area contributed by atoms with Crippen molar-refractivity contribution in [1.29, 1.82) is 0 Å². The molecule has 4 saturated carbocycles. The molecule has 0 heteroatoms. The maximum absolute atomic E-state index is 2.73. The molecule has 0 spiro atoms. The van der Waals surface area contributed by atoms with Gasteiger partial charge in [-0.3, -0.25) is 0 Å². The van der Waals surface area contributed by atoms with Crippen molar-refractivity contribution in [2.75, 3.05) is 0 Å². The highest BCUT2D eigenvalue weighted by Gasteiger charge is 2.68. The van der Waals surface area contributed by atoms with Crippen molar-refractivity contribution in [2.45, 2.75) is 104 Å². The summed E-state index contributed by atoms with van der Waals surface area (Å²) in [5.41, 5.74) is 2.84. The summed E-state index contributed by atoms with van der Waals surface area (Å²) in [6, 6.07) is 0. The summed E-state index contributed by atoms with van der Waals surface area (Å²) in [7, 11) is 0. The Morgan fingerprint density at radius 3 is 2.19 bits per heavy atom. The van der Waals surface area contributed by atoms with E-state index in [1.807, 2.05) is 0 Å². The van der Waals surface area contributed by atoms with E-state index >= 15 is 0 Å². The summed E-state index contributed by atoms with van der Waals surface area (Å²) >= 11 is 0. The molecule has 3 atom stereocenters. The van der Waals surface area contributed by atoms with Crippen LogP contribution in [0.4, 0.5) is 0 Å². The predicted molar refractivity (Wildman–Crippen MR) is 90.3 cm³/mol. The van der Waals surface area contributed by atoms with Gasteiger partial charge in [0.2, 0.25) is 0 Å². The third-order valence-corrected chi connectivity index (χ3v) is 9.40. The van der Waals surface area contributed by atoms with E-state index in [1.165, 1.54) is 32.1 Å². The van der Waals surface area contributed by atoms with Crippen molar-refractivity contribution < 1.29 is 0 Å². The normalized spacial score (nSPS) is 56.4. The lowest BCUT2D eigenvalue weighted by Crippen LogP contribution is -2.54. The van der Waals surface area contributed by atoms with Crippen LogP contribution in [-0.2, 0) is 0 Å². The zero-order chi connectivity index (χ0) is 14.8. The van der Waals surface area contributed by atoms with Gasteiger partial charge in [0.25, 0.3) is 0 Å². The second kappa shape index (κ2) is 4.51. The number of fused-ring (bicyclic) bond motifs is 3. The maximum Gasteiger partial charge on any atom is -0.0184 e. The lowest BCUT2D eigenvalue weighted by atomic mass is 9.42. The summed E-state index contributed by atoms with van der Waals surface area (Å²) in [6.45, 7) is 7.77. The standard InChI is InChI=1S/C21H36/c1-4-18(2)14-15-21(13-7-10-19(21,3)16-18)20-11-5-8-17(20)9-6-12-20/h17H,4-16H2,1-3H3. The summed E-state index contributed by atoms with van der Waals surface area (Å²) < 4.78 is 0. The topological polar surface area (TPSA) is 0 Å². The van der Waals surface area contributed by atoms with Crippen LogP contribution in [0.3, 0.4) is 0 Å². The van der Waals surface area contributed by atoms with Gasteiger partial charge < -0.3 is 0 Å². The van der Waals surface area contributed by atoms with E-state index < -0.39 is 0 Å². The van der Waals surface area contributed by atoms with Gasteiger partial charge in [0.1, 0.15) is 0 Å². The molecule has 120 valence electrons. The third-order valence-electron chi connectivity index (χ3n) is 9.40. The van der Waals surface area contributed by atoms with Crippen LogP contribution < -0.4 is 0 Å².